The highest BCUT2D eigenvalue weighted by Gasteiger charge is 2.42. The van der Waals surface area contributed by atoms with Gasteiger partial charge in [-0.3, -0.25) is 9.59 Å². The number of aromatic nitrogens is 8. The van der Waals surface area contributed by atoms with Gasteiger partial charge in [0.05, 0.1) is 58.9 Å². The van der Waals surface area contributed by atoms with Crippen molar-refractivity contribution in [1.82, 2.24) is 44.2 Å². The molecule has 2 aromatic carbocycles. The van der Waals surface area contributed by atoms with E-state index < -0.39 is 18.0 Å². The number of para-hydroxylation sites is 1. The molecule has 2 saturated heterocycles. The molecule has 0 spiro atoms. The lowest BCUT2D eigenvalue weighted by atomic mass is 10.1. The number of likely N-dealkylation sites (N-methyl/N-ethyl adjacent to an activating group) is 1. The van der Waals surface area contributed by atoms with Crippen LogP contribution in [0, 0.1) is 12.7 Å². The summed E-state index contributed by atoms with van der Waals surface area (Å²) < 4.78 is 31.0. The van der Waals surface area contributed by atoms with Crippen LogP contribution in [0.1, 0.15) is 32.0 Å². The van der Waals surface area contributed by atoms with E-state index in [4.69, 9.17) is 24.4 Å². The second kappa shape index (κ2) is 13.4. The molecule has 16 heteroatoms. The summed E-state index contributed by atoms with van der Waals surface area (Å²) in [7, 11) is 1.79. The Morgan fingerprint density at radius 1 is 1.02 bits per heavy atom. The van der Waals surface area contributed by atoms with E-state index in [9.17, 15) is 14.0 Å². The topological polar surface area (TPSA) is 150 Å². The first kappa shape index (κ1) is 33.8. The fourth-order valence-electron chi connectivity index (χ4n) is 8.06. The summed E-state index contributed by atoms with van der Waals surface area (Å²) in [5.74, 6) is 0.651. The number of hydrogen-bond acceptors (Lipinski definition) is 11. The van der Waals surface area contributed by atoms with E-state index in [0.717, 1.165) is 22.4 Å². The number of carbonyl (C=O) groups excluding carboxylic acids is 2. The van der Waals surface area contributed by atoms with Crippen molar-refractivity contribution in [2.45, 2.75) is 57.9 Å². The Kier molecular flexibility index (Phi) is 8.40. The van der Waals surface area contributed by atoms with Gasteiger partial charge in [0.25, 0.3) is 0 Å². The van der Waals surface area contributed by atoms with Crippen molar-refractivity contribution < 1.29 is 23.5 Å². The minimum Gasteiger partial charge on any atom is -0.458 e. The maximum atomic E-state index is 14.6. The van der Waals surface area contributed by atoms with Gasteiger partial charge in [-0.1, -0.05) is 12.1 Å². The van der Waals surface area contributed by atoms with E-state index in [2.05, 4.69) is 19.6 Å². The number of benzene rings is 2. The SMILES string of the molecule is CCOC1CN(C)C(=O)[C@@H]2C[C@@H](CN2c2ncnc3c2cnn3-c2ccc(F)cc2N2CCCC2=O)Oc2nccc(n2)-c2cccc3nc(C)n(c23)C1. The number of nitrogens with zero attached hydrogens (tertiary/aromatic N) is 11. The Labute approximate surface area is 309 Å². The highest BCUT2D eigenvalue weighted by Crippen LogP contribution is 2.36. The average Bonchev–Trinajstić information content (AvgIpc) is 3.96. The molecule has 6 aromatic rings. The zero-order valence-electron chi connectivity index (χ0n) is 30.1. The molecule has 15 nitrogen and oxygen atoms in total. The van der Waals surface area contributed by atoms with Crippen LogP contribution in [0.2, 0.25) is 0 Å². The molecule has 2 amide bonds. The third kappa shape index (κ3) is 5.77. The lowest BCUT2D eigenvalue weighted by molar-refractivity contribution is -0.133. The van der Waals surface area contributed by atoms with E-state index in [1.54, 1.807) is 40.0 Å². The molecule has 7 heterocycles. The third-order valence-electron chi connectivity index (χ3n) is 10.5. The van der Waals surface area contributed by atoms with E-state index in [1.807, 2.05) is 43.0 Å². The summed E-state index contributed by atoms with van der Waals surface area (Å²) in [4.78, 5) is 56.0. The van der Waals surface area contributed by atoms with E-state index in [-0.39, 0.29) is 23.9 Å². The normalized spacial score (nSPS) is 20.5. The van der Waals surface area contributed by atoms with Crippen LogP contribution in [0.5, 0.6) is 6.01 Å². The Morgan fingerprint density at radius 3 is 2.74 bits per heavy atom. The van der Waals surface area contributed by atoms with Crippen molar-refractivity contribution in [2.75, 3.05) is 43.1 Å². The summed E-state index contributed by atoms with van der Waals surface area (Å²) in [5, 5.41) is 5.25. The predicted octanol–water partition coefficient (Wildman–Crippen LogP) is 4.10. The summed E-state index contributed by atoms with van der Waals surface area (Å²) in [5.41, 5.74) is 4.71. The van der Waals surface area contributed by atoms with Crippen molar-refractivity contribution in [1.29, 1.82) is 0 Å². The van der Waals surface area contributed by atoms with Crippen LogP contribution in [0.15, 0.2) is 61.2 Å². The quantitative estimate of drug-likeness (QED) is 0.252. The number of fused-ring (bicyclic) bond motifs is 6. The molecule has 1 unspecified atom stereocenters. The fraction of sp³-hybridized carbons (Fsp3) is 0.368. The van der Waals surface area contributed by atoms with Gasteiger partial charge in [0, 0.05) is 51.3 Å². The molecular weight excluding hydrogens is 693 g/mol. The number of rotatable bonds is 5. The van der Waals surface area contributed by atoms with Crippen molar-refractivity contribution in [3.63, 3.8) is 0 Å². The fourth-order valence-corrected chi connectivity index (χ4v) is 8.06. The maximum Gasteiger partial charge on any atom is 0.317 e. The zero-order valence-corrected chi connectivity index (χ0v) is 30.1. The molecule has 3 aliphatic rings. The van der Waals surface area contributed by atoms with Crippen molar-refractivity contribution >= 4 is 45.4 Å². The standard InChI is InChI=1S/C38H38FN11O4/c1-4-53-25-18-46(3)37(52)32-16-24(54-38-40-13-12-28(45-38)26-7-5-8-29-34(26)48(20-25)22(2)44-29)19-49(32)35-27-17-43-50(36(27)42-21-41-35)30-11-10-23(39)15-31(30)47-14-6-9-33(47)51/h5,7-8,10-13,15,17,21,24-25,32H,4,6,9,14,16,18-20H2,1-3H3/t24-,25?,32-/m0/s1. The number of hydrogen-bond donors (Lipinski definition) is 0. The summed E-state index contributed by atoms with van der Waals surface area (Å²) >= 11 is 0. The van der Waals surface area contributed by atoms with Crippen LogP contribution in [0.3, 0.4) is 0 Å². The van der Waals surface area contributed by atoms with Gasteiger partial charge >= 0.3 is 6.01 Å². The zero-order chi connectivity index (χ0) is 37.1. The average molecular weight is 732 g/mol. The van der Waals surface area contributed by atoms with Crippen molar-refractivity contribution in [2.24, 2.45) is 0 Å². The smallest absolute Gasteiger partial charge is 0.317 e. The van der Waals surface area contributed by atoms with Gasteiger partial charge < -0.3 is 28.7 Å². The van der Waals surface area contributed by atoms with Crippen LogP contribution >= 0.6 is 0 Å². The van der Waals surface area contributed by atoms with Gasteiger partial charge in [0.1, 0.15) is 35.9 Å². The molecule has 9 rings (SSSR count). The van der Waals surface area contributed by atoms with Crippen LogP contribution < -0.4 is 14.5 Å². The summed E-state index contributed by atoms with van der Waals surface area (Å²) in [6.07, 6.45) is 5.35. The Morgan fingerprint density at radius 2 is 1.91 bits per heavy atom. The second-order valence-electron chi connectivity index (χ2n) is 13.9. The molecule has 0 radical (unpaired) electrons. The first-order valence-corrected chi connectivity index (χ1v) is 18.2. The van der Waals surface area contributed by atoms with Gasteiger partial charge in [0.2, 0.25) is 11.8 Å². The number of anilines is 2. The monoisotopic (exact) mass is 731 g/mol. The maximum absolute atomic E-state index is 14.6. The summed E-state index contributed by atoms with van der Waals surface area (Å²) in [6, 6.07) is 11.6. The second-order valence-corrected chi connectivity index (χ2v) is 13.9. The number of carbonyl (C=O) groups is 2. The molecule has 0 N–H and O–H groups in total. The minimum atomic E-state index is -0.667. The number of imidazole rings is 1. The largest absolute Gasteiger partial charge is 0.458 e. The molecule has 3 aliphatic heterocycles. The van der Waals surface area contributed by atoms with E-state index >= 15 is 0 Å². The van der Waals surface area contributed by atoms with Gasteiger partial charge in [0.15, 0.2) is 5.65 Å². The van der Waals surface area contributed by atoms with Gasteiger partial charge in [-0.25, -0.2) is 29.0 Å². The van der Waals surface area contributed by atoms with Crippen LogP contribution in [-0.2, 0) is 20.9 Å². The number of aryl methyl sites for hydroxylation is 1. The van der Waals surface area contributed by atoms with E-state index in [1.165, 1.54) is 18.5 Å². The lowest BCUT2D eigenvalue weighted by Gasteiger charge is -2.31. The molecule has 4 aromatic heterocycles. The number of amides is 2. The van der Waals surface area contributed by atoms with Gasteiger partial charge in [-0.15, -0.1) is 0 Å². The minimum absolute atomic E-state index is 0.0769. The molecule has 4 bridgehead atoms. The molecule has 0 saturated carbocycles. The van der Waals surface area contributed by atoms with Crippen molar-refractivity contribution in [3.05, 3.63) is 72.8 Å². The summed E-state index contributed by atoms with van der Waals surface area (Å²) in [6.45, 7) is 5.97. The van der Waals surface area contributed by atoms with Gasteiger partial charge in [-0.05, 0) is 50.6 Å². The highest BCUT2D eigenvalue weighted by atomic mass is 19.1. The lowest BCUT2D eigenvalue weighted by Crippen LogP contribution is -2.47. The highest BCUT2D eigenvalue weighted by molar-refractivity contribution is 5.98. The van der Waals surface area contributed by atoms with Crippen LogP contribution in [0.4, 0.5) is 15.9 Å². The molecule has 3 atom stereocenters. The Balaban J connectivity index is 1.12. The first-order valence-electron chi connectivity index (χ1n) is 18.2. The Hall–Kier alpha value is -6.03. The Bertz CT molecular complexity index is 2430. The molecule has 54 heavy (non-hydrogen) atoms. The molecule has 2 fully saturated rings. The third-order valence-corrected chi connectivity index (χ3v) is 10.5. The van der Waals surface area contributed by atoms with Crippen molar-refractivity contribution in [3.8, 4) is 23.0 Å². The first-order chi connectivity index (χ1) is 26.3. The van der Waals surface area contributed by atoms with Crippen LogP contribution in [0.25, 0.3) is 39.0 Å². The number of halogens is 1. The van der Waals surface area contributed by atoms with Gasteiger partial charge in [-0.2, -0.15) is 10.1 Å². The predicted molar refractivity (Wildman–Crippen MR) is 197 cm³/mol. The van der Waals surface area contributed by atoms with Crippen LogP contribution in [-0.4, -0.2) is 108 Å². The molecule has 276 valence electrons. The molecule has 0 aliphatic carbocycles. The number of ether oxygens (including phenoxy) is 2. The molecular formula is C38H38FN11O4. The van der Waals surface area contributed by atoms with E-state index in [0.29, 0.717) is 86.0 Å².